The van der Waals surface area contributed by atoms with Gasteiger partial charge in [-0.25, -0.2) is 4.79 Å². The zero-order valence-corrected chi connectivity index (χ0v) is 20.0. The normalized spacial score (nSPS) is 14.8. The van der Waals surface area contributed by atoms with E-state index in [2.05, 4.69) is 0 Å². The molecule has 1 aliphatic rings. The van der Waals surface area contributed by atoms with Crippen molar-refractivity contribution in [3.05, 3.63) is 76.9 Å². The van der Waals surface area contributed by atoms with Crippen molar-refractivity contribution in [1.82, 2.24) is 0 Å². The molecule has 3 aromatic rings. The largest absolute Gasteiger partial charge is 0.462 e. The Labute approximate surface area is 201 Å². The Morgan fingerprint density at radius 3 is 2.42 bits per heavy atom. The standard InChI is InChI=1S/C25H22N2O4S2/c1-4-30-24(29)17-7-5-16(6-8-17)21-14-13-20(31-21)15-22-23(28)27(25(32)33-22)19-11-9-18(10-12-19)26(2)3/h5-15H,4H2,1-3H3/b22-15+. The second kappa shape index (κ2) is 9.64. The molecule has 6 nitrogen and oxygen atoms in total. The van der Waals surface area contributed by atoms with Crippen LogP contribution >= 0.6 is 24.0 Å². The van der Waals surface area contributed by atoms with E-state index in [9.17, 15) is 9.59 Å². The third-order valence-corrected chi connectivity index (χ3v) is 6.30. The van der Waals surface area contributed by atoms with E-state index in [1.165, 1.54) is 16.7 Å². The first-order valence-corrected chi connectivity index (χ1v) is 11.5. The number of carbonyl (C=O) groups is 2. The first-order chi connectivity index (χ1) is 15.9. The molecule has 0 unspecified atom stereocenters. The third kappa shape index (κ3) is 4.86. The SMILES string of the molecule is CCOC(=O)c1ccc(-c2ccc(/C=C3/SC(=S)N(c4ccc(N(C)C)cc4)C3=O)o2)cc1. The molecule has 0 spiro atoms. The summed E-state index contributed by atoms with van der Waals surface area (Å²) in [6, 6.07) is 18.3. The number of esters is 1. The van der Waals surface area contributed by atoms with Crippen LogP contribution in [0.4, 0.5) is 11.4 Å². The second-order valence-electron chi connectivity index (χ2n) is 7.43. The van der Waals surface area contributed by atoms with Crippen LogP contribution in [0.25, 0.3) is 17.4 Å². The summed E-state index contributed by atoms with van der Waals surface area (Å²) < 4.78 is 11.4. The monoisotopic (exact) mass is 478 g/mol. The summed E-state index contributed by atoms with van der Waals surface area (Å²) in [6.45, 7) is 2.10. The van der Waals surface area contributed by atoms with Crippen molar-refractivity contribution in [1.29, 1.82) is 0 Å². The van der Waals surface area contributed by atoms with Crippen LogP contribution in [0.3, 0.4) is 0 Å². The van der Waals surface area contributed by atoms with Crippen LogP contribution in [0.15, 0.2) is 70.0 Å². The van der Waals surface area contributed by atoms with Gasteiger partial charge in [-0.15, -0.1) is 0 Å². The number of nitrogens with zero attached hydrogens (tertiary/aromatic N) is 2. The zero-order valence-electron chi connectivity index (χ0n) is 18.4. The van der Waals surface area contributed by atoms with Crippen molar-refractivity contribution in [3.8, 4) is 11.3 Å². The topological polar surface area (TPSA) is 63.0 Å². The van der Waals surface area contributed by atoms with Crippen LogP contribution in [0.2, 0.25) is 0 Å². The Bertz CT molecular complexity index is 1230. The van der Waals surface area contributed by atoms with Gasteiger partial charge in [-0.05, 0) is 55.5 Å². The number of furan rings is 1. The summed E-state index contributed by atoms with van der Waals surface area (Å²) in [5.41, 5.74) is 3.07. The molecule has 2 aromatic carbocycles. The smallest absolute Gasteiger partial charge is 0.338 e. The van der Waals surface area contributed by atoms with E-state index in [-0.39, 0.29) is 11.9 Å². The molecule has 1 aromatic heterocycles. The van der Waals surface area contributed by atoms with Gasteiger partial charge in [-0.3, -0.25) is 9.69 Å². The van der Waals surface area contributed by atoms with Crippen LogP contribution in [0, 0.1) is 0 Å². The summed E-state index contributed by atoms with van der Waals surface area (Å²) >= 11 is 6.70. The lowest BCUT2D eigenvalue weighted by atomic mass is 10.1. The number of anilines is 2. The van der Waals surface area contributed by atoms with Gasteiger partial charge in [0.05, 0.1) is 22.8 Å². The molecule has 1 fully saturated rings. The van der Waals surface area contributed by atoms with Crippen molar-refractivity contribution in [2.24, 2.45) is 0 Å². The van der Waals surface area contributed by atoms with Crippen LogP contribution in [-0.4, -0.2) is 36.9 Å². The molecular weight excluding hydrogens is 456 g/mol. The van der Waals surface area contributed by atoms with Gasteiger partial charge in [0, 0.05) is 31.4 Å². The van der Waals surface area contributed by atoms with Crippen molar-refractivity contribution in [3.63, 3.8) is 0 Å². The fourth-order valence-corrected chi connectivity index (χ4v) is 4.57. The summed E-state index contributed by atoms with van der Waals surface area (Å²) in [7, 11) is 3.92. The van der Waals surface area contributed by atoms with Gasteiger partial charge in [0.25, 0.3) is 5.91 Å². The van der Waals surface area contributed by atoms with Crippen molar-refractivity contribution < 1.29 is 18.7 Å². The maximum Gasteiger partial charge on any atom is 0.338 e. The average Bonchev–Trinajstić information content (AvgIpc) is 3.38. The molecule has 0 N–H and O–H groups in total. The predicted octanol–water partition coefficient (Wildman–Crippen LogP) is 5.60. The van der Waals surface area contributed by atoms with E-state index in [0.717, 1.165) is 16.9 Å². The predicted molar refractivity (Wildman–Crippen MR) is 137 cm³/mol. The lowest BCUT2D eigenvalue weighted by molar-refractivity contribution is -0.113. The Balaban J connectivity index is 1.51. The van der Waals surface area contributed by atoms with Gasteiger partial charge in [-0.2, -0.15) is 0 Å². The quantitative estimate of drug-likeness (QED) is 0.260. The van der Waals surface area contributed by atoms with E-state index in [1.807, 2.05) is 49.3 Å². The lowest BCUT2D eigenvalue weighted by Crippen LogP contribution is -2.27. The Morgan fingerprint density at radius 1 is 1.09 bits per heavy atom. The third-order valence-electron chi connectivity index (χ3n) is 5.00. The molecule has 4 rings (SSSR count). The highest BCUT2D eigenvalue weighted by molar-refractivity contribution is 8.27. The molecule has 0 atom stereocenters. The highest BCUT2D eigenvalue weighted by Crippen LogP contribution is 2.37. The van der Waals surface area contributed by atoms with Gasteiger partial charge >= 0.3 is 5.97 Å². The first kappa shape index (κ1) is 22.8. The average molecular weight is 479 g/mol. The van der Waals surface area contributed by atoms with Crippen molar-refractivity contribution in [2.75, 3.05) is 30.5 Å². The van der Waals surface area contributed by atoms with E-state index < -0.39 is 0 Å². The van der Waals surface area contributed by atoms with Gasteiger partial charge in [0.1, 0.15) is 11.5 Å². The highest BCUT2D eigenvalue weighted by atomic mass is 32.2. The number of thioether (sulfide) groups is 1. The van der Waals surface area contributed by atoms with Crippen LogP contribution in [-0.2, 0) is 9.53 Å². The van der Waals surface area contributed by atoms with E-state index in [1.54, 1.807) is 43.3 Å². The van der Waals surface area contributed by atoms with Gasteiger partial charge < -0.3 is 14.1 Å². The van der Waals surface area contributed by atoms with Crippen molar-refractivity contribution in [2.45, 2.75) is 6.92 Å². The molecule has 1 aliphatic heterocycles. The maximum atomic E-state index is 13.0. The number of thiocarbonyl (C=S) groups is 1. The molecule has 33 heavy (non-hydrogen) atoms. The molecule has 1 amide bonds. The fraction of sp³-hybridized carbons (Fsp3) is 0.160. The maximum absolute atomic E-state index is 13.0. The minimum Gasteiger partial charge on any atom is -0.462 e. The van der Waals surface area contributed by atoms with Crippen molar-refractivity contribution >= 4 is 57.6 Å². The van der Waals surface area contributed by atoms with Crippen LogP contribution in [0.5, 0.6) is 0 Å². The Kier molecular flexibility index (Phi) is 6.67. The lowest BCUT2D eigenvalue weighted by Gasteiger charge is -2.17. The number of amides is 1. The molecule has 0 saturated carbocycles. The molecule has 168 valence electrons. The zero-order chi connectivity index (χ0) is 23.5. The van der Waals surface area contributed by atoms with Gasteiger partial charge in [0.15, 0.2) is 4.32 Å². The summed E-state index contributed by atoms with van der Waals surface area (Å²) in [5, 5.41) is 0. The summed E-state index contributed by atoms with van der Waals surface area (Å²) in [6.07, 6.45) is 1.70. The first-order valence-electron chi connectivity index (χ1n) is 10.3. The number of carbonyl (C=O) groups excluding carboxylic acids is 2. The fourth-order valence-electron chi connectivity index (χ4n) is 3.29. The number of ether oxygens (including phenoxy) is 1. The van der Waals surface area contributed by atoms with Crippen LogP contribution < -0.4 is 9.80 Å². The molecule has 2 heterocycles. The van der Waals surface area contributed by atoms with Gasteiger partial charge in [-0.1, -0.05) is 36.1 Å². The minimum atomic E-state index is -0.359. The molecule has 0 bridgehead atoms. The number of hydrogen-bond donors (Lipinski definition) is 0. The molecule has 0 aliphatic carbocycles. The van der Waals surface area contributed by atoms with Gasteiger partial charge in [0.2, 0.25) is 0 Å². The van der Waals surface area contributed by atoms with Crippen LogP contribution in [0.1, 0.15) is 23.0 Å². The van der Waals surface area contributed by atoms with E-state index in [0.29, 0.717) is 32.9 Å². The Morgan fingerprint density at radius 2 is 1.79 bits per heavy atom. The molecular formula is C25H22N2O4S2. The minimum absolute atomic E-state index is 0.181. The van der Waals surface area contributed by atoms with E-state index >= 15 is 0 Å². The second-order valence-corrected chi connectivity index (χ2v) is 9.10. The molecule has 8 heteroatoms. The Hall–Kier alpha value is -3.36. The number of rotatable bonds is 6. The summed E-state index contributed by atoms with van der Waals surface area (Å²) in [4.78, 5) is 28.9. The highest BCUT2D eigenvalue weighted by Gasteiger charge is 2.33. The molecule has 0 radical (unpaired) electrons. The number of hydrogen-bond acceptors (Lipinski definition) is 7. The summed E-state index contributed by atoms with van der Waals surface area (Å²) in [5.74, 6) is 0.635. The number of benzene rings is 2. The van der Waals surface area contributed by atoms with E-state index in [4.69, 9.17) is 21.4 Å². The molecule has 1 saturated heterocycles.